The highest BCUT2D eigenvalue weighted by Gasteiger charge is 2.43. The third-order valence-electron chi connectivity index (χ3n) is 5.71. The van der Waals surface area contributed by atoms with E-state index in [4.69, 9.17) is 4.74 Å². The molecule has 1 fully saturated rings. The van der Waals surface area contributed by atoms with Gasteiger partial charge in [-0.25, -0.2) is 4.98 Å². The summed E-state index contributed by atoms with van der Waals surface area (Å²) in [4.78, 5) is 6.84. The van der Waals surface area contributed by atoms with Crippen molar-refractivity contribution >= 4 is 0 Å². The third kappa shape index (κ3) is 2.89. The smallest absolute Gasteiger partial charge is 0.164 e. The van der Waals surface area contributed by atoms with E-state index in [1.807, 2.05) is 37.6 Å². The molecule has 1 saturated heterocycles. The van der Waals surface area contributed by atoms with E-state index < -0.39 is 0 Å². The lowest BCUT2D eigenvalue weighted by atomic mass is 10.0. The maximum atomic E-state index is 9.19. The molecule has 2 aliphatic heterocycles. The van der Waals surface area contributed by atoms with Gasteiger partial charge in [0.15, 0.2) is 11.6 Å². The standard InChI is InChI=1S/C20H21N7O/c1-25-8-6-22-17(25)11-26-7-5-20(13-26)14-27-18(12-28-20)23-24-19(27)16-4-2-3-15(9-16)10-21/h2-4,6,8-9H,5,7,11-14H2,1H3. The van der Waals surface area contributed by atoms with Crippen LogP contribution in [0.3, 0.4) is 0 Å². The van der Waals surface area contributed by atoms with Crippen LogP contribution < -0.4 is 0 Å². The molecule has 1 aromatic carbocycles. The molecule has 0 saturated carbocycles. The van der Waals surface area contributed by atoms with Gasteiger partial charge in [0.25, 0.3) is 0 Å². The molecule has 1 spiro atoms. The summed E-state index contributed by atoms with van der Waals surface area (Å²) in [6, 6.07) is 9.71. The average molecular weight is 375 g/mol. The predicted octanol–water partition coefficient (Wildman–Crippen LogP) is 1.73. The second-order valence-electron chi connectivity index (χ2n) is 7.61. The van der Waals surface area contributed by atoms with Gasteiger partial charge in [-0.05, 0) is 18.6 Å². The van der Waals surface area contributed by atoms with E-state index in [-0.39, 0.29) is 5.60 Å². The Morgan fingerprint density at radius 2 is 2.21 bits per heavy atom. The van der Waals surface area contributed by atoms with Gasteiger partial charge in [-0.1, -0.05) is 12.1 Å². The monoisotopic (exact) mass is 375 g/mol. The van der Waals surface area contributed by atoms with Crippen molar-refractivity contribution in [3.05, 3.63) is 53.9 Å². The molecule has 5 rings (SSSR count). The van der Waals surface area contributed by atoms with Gasteiger partial charge in [-0.15, -0.1) is 10.2 Å². The normalized spacial score (nSPS) is 21.7. The van der Waals surface area contributed by atoms with E-state index in [0.29, 0.717) is 12.2 Å². The topological polar surface area (TPSA) is 84.8 Å². The summed E-state index contributed by atoms with van der Waals surface area (Å²) < 4.78 is 10.5. The summed E-state index contributed by atoms with van der Waals surface area (Å²) in [6.45, 7) is 3.83. The van der Waals surface area contributed by atoms with Crippen molar-refractivity contribution < 1.29 is 4.74 Å². The fraction of sp³-hybridized carbons (Fsp3) is 0.400. The molecular formula is C20H21N7O. The van der Waals surface area contributed by atoms with Crippen molar-refractivity contribution in [2.75, 3.05) is 13.1 Å². The molecule has 28 heavy (non-hydrogen) atoms. The van der Waals surface area contributed by atoms with Crippen LogP contribution in [0.25, 0.3) is 11.4 Å². The van der Waals surface area contributed by atoms with Gasteiger partial charge in [0.05, 0.1) is 24.7 Å². The first-order valence-electron chi connectivity index (χ1n) is 9.41. The molecule has 2 aliphatic rings. The second kappa shape index (κ2) is 6.55. The number of hydrogen-bond acceptors (Lipinski definition) is 6. The molecule has 1 unspecified atom stereocenters. The van der Waals surface area contributed by atoms with E-state index in [0.717, 1.165) is 55.6 Å². The van der Waals surface area contributed by atoms with Gasteiger partial charge in [0, 0.05) is 38.1 Å². The van der Waals surface area contributed by atoms with Crippen molar-refractivity contribution in [2.24, 2.45) is 7.05 Å². The van der Waals surface area contributed by atoms with E-state index in [1.54, 1.807) is 6.07 Å². The SMILES string of the molecule is Cn1ccnc1CN1CCC2(C1)Cn1c(nnc1-c1cccc(C#N)c1)CO2. The van der Waals surface area contributed by atoms with Crippen LogP contribution >= 0.6 is 0 Å². The van der Waals surface area contributed by atoms with Crippen molar-refractivity contribution in [3.63, 3.8) is 0 Å². The van der Waals surface area contributed by atoms with Crippen LogP contribution in [0.2, 0.25) is 0 Å². The largest absolute Gasteiger partial charge is 0.364 e. The maximum Gasteiger partial charge on any atom is 0.164 e. The van der Waals surface area contributed by atoms with Gasteiger partial charge in [0.1, 0.15) is 18.0 Å². The Morgan fingerprint density at radius 1 is 1.29 bits per heavy atom. The molecule has 8 heteroatoms. The van der Waals surface area contributed by atoms with E-state index in [2.05, 4.69) is 35.3 Å². The Labute approximate surface area is 163 Å². The zero-order valence-electron chi connectivity index (χ0n) is 15.7. The van der Waals surface area contributed by atoms with E-state index in [9.17, 15) is 5.26 Å². The van der Waals surface area contributed by atoms with Crippen molar-refractivity contribution in [2.45, 2.75) is 31.7 Å². The van der Waals surface area contributed by atoms with Crippen LogP contribution in [0.5, 0.6) is 0 Å². The quantitative estimate of drug-likeness (QED) is 0.693. The van der Waals surface area contributed by atoms with Crippen LogP contribution in [0.4, 0.5) is 0 Å². The van der Waals surface area contributed by atoms with Crippen molar-refractivity contribution in [1.29, 1.82) is 5.26 Å². The fourth-order valence-corrected chi connectivity index (χ4v) is 4.16. The second-order valence-corrected chi connectivity index (χ2v) is 7.61. The Kier molecular flexibility index (Phi) is 4.00. The predicted molar refractivity (Wildman–Crippen MR) is 101 cm³/mol. The van der Waals surface area contributed by atoms with Gasteiger partial charge in [-0.3, -0.25) is 4.90 Å². The number of imidazole rings is 1. The number of hydrogen-bond donors (Lipinski definition) is 0. The number of aromatic nitrogens is 5. The van der Waals surface area contributed by atoms with Crippen LogP contribution in [-0.4, -0.2) is 47.9 Å². The van der Waals surface area contributed by atoms with Crippen LogP contribution in [0.1, 0.15) is 23.6 Å². The van der Waals surface area contributed by atoms with Crippen LogP contribution in [0.15, 0.2) is 36.7 Å². The highest BCUT2D eigenvalue weighted by molar-refractivity contribution is 5.58. The van der Waals surface area contributed by atoms with Crippen molar-refractivity contribution in [1.82, 2.24) is 29.2 Å². The lowest BCUT2D eigenvalue weighted by Crippen LogP contribution is -2.44. The Balaban J connectivity index is 1.39. The average Bonchev–Trinajstić information content (AvgIpc) is 3.42. The van der Waals surface area contributed by atoms with Crippen molar-refractivity contribution in [3.8, 4) is 17.5 Å². The summed E-state index contributed by atoms with van der Waals surface area (Å²) in [6.07, 6.45) is 4.78. The highest BCUT2D eigenvalue weighted by atomic mass is 16.5. The molecule has 0 amide bonds. The van der Waals surface area contributed by atoms with E-state index >= 15 is 0 Å². The Bertz CT molecular complexity index is 1060. The first-order valence-corrected chi connectivity index (χ1v) is 9.41. The van der Waals surface area contributed by atoms with Gasteiger partial charge >= 0.3 is 0 Å². The third-order valence-corrected chi connectivity index (χ3v) is 5.71. The zero-order chi connectivity index (χ0) is 19.1. The molecule has 0 N–H and O–H groups in total. The summed E-state index contributed by atoms with van der Waals surface area (Å²) in [5, 5.41) is 17.9. The molecule has 142 valence electrons. The fourth-order valence-electron chi connectivity index (χ4n) is 4.16. The minimum absolute atomic E-state index is 0.234. The molecule has 2 aromatic heterocycles. The first-order chi connectivity index (χ1) is 13.7. The minimum atomic E-state index is -0.234. The first kappa shape index (κ1) is 17.1. The number of fused-ring (bicyclic) bond motifs is 1. The molecular weight excluding hydrogens is 354 g/mol. The molecule has 4 heterocycles. The molecule has 1 atom stereocenters. The number of aryl methyl sites for hydroxylation is 1. The summed E-state index contributed by atoms with van der Waals surface area (Å²) in [5.41, 5.74) is 1.30. The maximum absolute atomic E-state index is 9.19. The van der Waals surface area contributed by atoms with Gasteiger partial charge in [0.2, 0.25) is 0 Å². The number of nitriles is 1. The number of nitrogens with zero attached hydrogens (tertiary/aromatic N) is 7. The molecule has 3 aromatic rings. The van der Waals surface area contributed by atoms with Gasteiger partial charge in [-0.2, -0.15) is 5.26 Å². The number of rotatable bonds is 3. The highest BCUT2D eigenvalue weighted by Crippen LogP contribution is 2.34. The Hall–Kier alpha value is -3.02. The Morgan fingerprint density at radius 3 is 3.04 bits per heavy atom. The molecule has 0 aliphatic carbocycles. The molecule has 0 radical (unpaired) electrons. The molecule has 8 nitrogen and oxygen atoms in total. The van der Waals surface area contributed by atoms with E-state index in [1.165, 1.54) is 0 Å². The molecule has 0 bridgehead atoms. The van der Waals surface area contributed by atoms with Crippen LogP contribution in [-0.2, 0) is 31.5 Å². The summed E-state index contributed by atoms with van der Waals surface area (Å²) in [7, 11) is 2.02. The van der Waals surface area contributed by atoms with Gasteiger partial charge < -0.3 is 13.9 Å². The van der Waals surface area contributed by atoms with Crippen LogP contribution in [0, 0.1) is 11.3 Å². The lowest BCUT2D eigenvalue weighted by Gasteiger charge is -2.34. The summed E-state index contributed by atoms with van der Waals surface area (Å²) in [5.74, 6) is 2.70. The lowest BCUT2D eigenvalue weighted by molar-refractivity contribution is -0.0822. The minimum Gasteiger partial charge on any atom is -0.364 e. The zero-order valence-corrected chi connectivity index (χ0v) is 15.7. The summed E-state index contributed by atoms with van der Waals surface area (Å²) >= 11 is 0. The number of ether oxygens (including phenoxy) is 1. The number of likely N-dealkylation sites (tertiary alicyclic amines) is 1. The number of benzene rings is 1.